The molecule has 5 heteroatoms. The molecule has 0 aromatic heterocycles. The molecule has 0 unspecified atom stereocenters. The maximum atomic E-state index is 12.6. The molecule has 0 radical (unpaired) electrons. The van der Waals surface area contributed by atoms with Crippen molar-refractivity contribution < 1.29 is 9.72 Å². The number of rotatable bonds is 5. The van der Waals surface area contributed by atoms with Gasteiger partial charge in [-0.25, -0.2) is 0 Å². The van der Waals surface area contributed by atoms with Crippen molar-refractivity contribution in [2.45, 2.75) is 26.4 Å². The second kappa shape index (κ2) is 6.85. The van der Waals surface area contributed by atoms with Gasteiger partial charge in [-0.2, -0.15) is 0 Å². The smallest absolute Gasteiger partial charge is 0.269 e. The number of non-ortho nitro benzene ring substituents is 1. The zero-order valence-corrected chi connectivity index (χ0v) is 12.6. The van der Waals surface area contributed by atoms with Crippen molar-refractivity contribution in [2.75, 3.05) is 0 Å². The van der Waals surface area contributed by atoms with Gasteiger partial charge < -0.3 is 4.90 Å². The van der Waals surface area contributed by atoms with Crippen molar-refractivity contribution in [3.8, 4) is 0 Å². The molecule has 22 heavy (non-hydrogen) atoms. The average molecular weight is 298 g/mol. The molecule has 0 fully saturated rings. The second-order valence-electron chi connectivity index (χ2n) is 5.32. The Bertz CT molecular complexity index is 651. The number of hydrogen-bond acceptors (Lipinski definition) is 3. The van der Waals surface area contributed by atoms with E-state index in [-0.39, 0.29) is 17.6 Å². The van der Waals surface area contributed by atoms with Gasteiger partial charge in [-0.15, -0.1) is 0 Å². The third-order valence-electron chi connectivity index (χ3n) is 3.41. The molecular weight excluding hydrogens is 280 g/mol. The summed E-state index contributed by atoms with van der Waals surface area (Å²) in [5.41, 5.74) is 1.48. The van der Waals surface area contributed by atoms with E-state index in [1.165, 1.54) is 24.3 Å². The molecule has 0 atom stereocenters. The summed E-state index contributed by atoms with van der Waals surface area (Å²) in [5, 5.41) is 10.7. The van der Waals surface area contributed by atoms with Gasteiger partial charge in [0.15, 0.2) is 0 Å². The number of hydrogen-bond donors (Lipinski definition) is 0. The number of nitrogens with zero attached hydrogens (tertiary/aromatic N) is 2. The van der Waals surface area contributed by atoms with E-state index < -0.39 is 4.92 Å². The van der Waals surface area contributed by atoms with Gasteiger partial charge in [-0.1, -0.05) is 30.3 Å². The fourth-order valence-corrected chi connectivity index (χ4v) is 2.16. The third kappa shape index (κ3) is 3.69. The van der Waals surface area contributed by atoms with Crippen molar-refractivity contribution in [3.05, 3.63) is 75.8 Å². The number of nitro groups is 1. The summed E-state index contributed by atoms with van der Waals surface area (Å²) in [6.07, 6.45) is 0. The minimum Gasteiger partial charge on any atom is -0.332 e. The largest absolute Gasteiger partial charge is 0.332 e. The molecule has 0 aliphatic rings. The number of benzene rings is 2. The number of carbonyl (C=O) groups excluding carboxylic acids is 1. The first-order chi connectivity index (χ1) is 10.5. The molecule has 0 N–H and O–H groups in total. The van der Waals surface area contributed by atoms with E-state index in [4.69, 9.17) is 0 Å². The molecule has 5 nitrogen and oxygen atoms in total. The Hall–Kier alpha value is -2.69. The van der Waals surface area contributed by atoms with Gasteiger partial charge in [0.25, 0.3) is 11.6 Å². The third-order valence-corrected chi connectivity index (χ3v) is 3.41. The van der Waals surface area contributed by atoms with E-state index in [1.807, 2.05) is 44.2 Å². The highest BCUT2D eigenvalue weighted by molar-refractivity contribution is 5.94. The van der Waals surface area contributed by atoms with Crippen LogP contribution in [0.25, 0.3) is 0 Å². The highest BCUT2D eigenvalue weighted by Crippen LogP contribution is 2.16. The minimum absolute atomic E-state index is 0.0179. The van der Waals surface area contributed by atoms with E-state index in [1.54, 1.807) is 4.90 Å². The number of amides is 1. The summed E-state index contributed by atoms with van der Waals surface area (Å²) in [7, 11) is 0. The Balaban J connectivity index is 2.21. The molecule has 2 aromatic rings. The van der Waals surface area contributed by atoms with Gasteiger partial charge >= 0.3 is 0 Å². The van der Waals surface area contributed by atoms with Gasteiger partial charge in [0.05, 0.1) is 4.92 Å². The molecule has 0 heterocycles. The van der Waals surface area contributed by atoms with Gasteiger partial charge in [-0.3, -0.25) is 14.9 Å². The van der Waals surface area contributed by atoms with Crippen LogP contribution >= 0.6 is 0 Å². The van der Waals surface area contributed by atoms with E-state index in [0.29, 0.717) is 12.1 Å². The quantitative estimate of drug-likeness (QED) is 0.625. The van der Waals surface area contributed by atoms with Crippen molar-refractivity contribution >= 4 is 11.6 Å². The molecular formula is C17H18N2O3. The van der Waals surface area contributed by atoms with Crippen LogP contribution in [0.5, 0.6) is 0 Å². The van der Waals surface area contributed by atoms with Gasteiger partial charge in [0, 0.05) is 30.3 Å². The van der Waals surface area contributed by atoms with Crippen LogP contribution in [-0.4, -0.2) is 21.8 Å². The van der Waals surface area contributed by atoms with Crippen LogP contribution in [0.3, 0.4) is 0 Å². The zero-order valence-electron chi connectivity index (χ0n) is 12.6. The molecule has 1 amide bonds. The summed E-state index contributed by atoms with van der Waals surface area (Å²) in [5.74, 6) is -0.131. The Morgan fingerprint density at radius 2 is 1.68 bits per heavy atom. The molecule has 2 aromatic carbocycles. The molecule has 0 saturated carbocycles. The maximum Gasteiger partial charge on any atom is 0.269 e. The second-order valence-corrected chi connectivity index (χ2v) is 5.32. The topological polar surface area (TPSA) is 63.5 Å². The lowest BCUT2D eigenvalue weighted by Gasteiger charge is -2.27. The van der Waals surface area contributed by atoms with E-state index in [9.17, 15) is 14.9 Å². The first-order valence-electron chi connectivity index (χ1n) is 7.08. The summed E-state index contributed by atoms with van der Waals surface area (Å²) >= 11 is 0. The Labute approximate surface area is 129 Å². The predicted molar refractivity (Wildman–Crippen MR) is 84.5 cm³/mol. The average Bonchev–Trinajstić information content (AvgIpc) is 2.53. The number of nitro benzene ring substituents is 1. The van der Waals surface area contributed by atoms with Crippen LogP contribution in [0.1, 0.15) is 29.8 Å². The van der Waals surface area contributed by atoms with Crippen LogP contribution < -0.4 is 0 Å². The van der Waals surface area contributed by atoms with E-state index in [2.05, 4.69) is 0 Å². The highest BCUT2D eigenvalue weighted by atomic mass is 16.6. The Morgan fingerprint density at radius 3 is 2.18 bits per heavy atom. The Morgan fingerprint density at radius 1 is 1.09 bits per heavy atom. The lowest BCUT2D eigenvalue weighted by molar-refractivity contribution is -0.384. The predicted octanol–water partition coefficient (Wildman–Crippen LogP) is 3.65. The van der Waals surface area contributed by atoms with Crippen LogP contribution in [0.2, 0.25) is 0 Å². The first kappa shape index (κ1) is 15.7. The first-order valence-corrected chi connectivity index (χ1v) is 7.08. The zero-order chi connectivity index (χ0) is 16.1. The molecule has 0 spiro atoms. The summed E-state index contributed by atoms with van der Waals surface area (Å²) < 4.78 is 0. The molecule has 0 aliphatic heterocycles. The normalized spacial score (nSPS) is 10.5. The molecule has 0 aliphatic carbocycles. The van der Waals surface area contributed by atoms with Crippen LogP contribution in [0, 0.1) is 10.1 Å². The van der Waals surface area contributed by atoms with E-state index in [0.717, 1.165) is 5.56 Å². The van der Waals surface area contributed by atoms with Gasteiger partial charge in [0.1, 0.15) is 0 Å². The summed E-state index contributed by atoms with van der Waals surface area (Å²) in [4.78, 5) is 24.6. The van der Waals surface area contributed by atoms with Gasteiger partial charge in [-0.05, 0) is 31.5 Å². The lowest BCUT2D eigenvalue weighted by Crippen LogP contribution is -2.36. The number of carbonyl (C=O) groups is 1. The van der Waals surface area contributed by atoms with Gasteiger partial charge in [0.2, 0.25) is 0 Å². The van der Waals surface area contributed by atoms with Crippen LogP contribution in [0.15, 0.2) is 54.6 Å². The maximum absolute atomic E-state index is 12.6. The SMILES string of the molecule is CC(C)N(Cc1ccccc1)C(=O)c1ccc([N+](=O)[O-])cc1. The lowest BCUT2D eigenvalue weighted by atomic mass is 10.1. The van der Waals surface area contributed by atoms with Crippen molar-refractivity contribution in [1.29, 1.82) is 0 Å². The van der Waals surface area contributed by atoms with Crippen LogP contribution in [0.4, 0.5) is 5.69 Å². The highest BCUT2D eigenvalue weighted by Gasteiger charge is 2.19. The minimum atomic E-state index is -0.474. The van der Waals surface area contributed by atoms with Crippen molar-refractivity contribution in [3.63, 3.8) is 0 Å². The molecule has 0 saturated heterocycles. The van der Waals surface area contributed by atoms with Crippen molar-refractivity contribution in [1.82, 2.24) is 4.90 Å². The summed E-state index contributed by atoms with van der Waals surface area (Å²) in [6.45, 7) is 4.41. The fourth-order valence-electron chi connectivity index (χ4n) is 2.16. The van der Waals surface area contributed by atoms with Crippen molar-refractivity contribution in [2.24, 2.45) is 0 Å². The molecule has 2 rings (SSSR count). The fraction of sp³-hybridized carbons (Fsp3) is 0.235. The monoisotopic (exact) mass is 298 g/mol. The Kier molecular flexibility index (Phi) is 4.88. The molecule has 114 valence electrons. The van der Waals surface area contributed by atoms with Crippen LogP contribution in [-0.2, 0) is 6.54 Å². The summed E-state index contributed by atoms with van der Waals surface area (Å²) in [6, 6.07) is 15.5. The standard InChI is InChI=1S/C17H18N2O3/c1-13(2)18(12-14-6-4-3-5-7-14)17(20)15-8-10-16(11-9-15)19(21)22/h3-11,13H,12H2,1-2H3. The van der Waals surface area contributed by atoms with E-state index >= 15 is 0 Å². The molecule has 0 bridgehead atoms.